The van der Waals surface area contributed by atoms with Crippen LogP contribution in [0.5, 0.6) is 0 Å². The topological polar surface area (TPSA) is 59.8 Å². The molecule has 2 aromatic heterocycles. The maximum absolute atomic E-state index is 12.4. The molecule has 0 unspecified atom stereocenters. The lowest BCUT2D eigenvalue weighted by molar-refractivity contribution is 0.0943. The summed E-state index contributed by atoms with van der Waals surface area (Å²) in [5.74, 6) is 1.20. The van der Waals surface area contributed by atoms with Crippen molar-refractivity contribution in [1.82, 2.24) is 20.1 Å². The van der Waals surface area contributed by atoms with Crippen molar-refractivity contribution in [3.8, 4) is 0 Å². The van der Waals surface area contributed by atoms with E-state index in [9.17, 15) is 4.79 Å². The second kappa shape index (κ2) is 8.49. The van der Waals surface area contributed by atoms with Crippen molar-refractivity contribution in [2.24, 2.45) is 0 Å². The lowest BCUT2D eigenvalue weighted by Gasteiger charge is -2.05. The van der Waals surface area contributed by atoms with Crippen molar-refractivity contribution < 1.29 is 4.79 Å². The van der Waals surface area contributed by atoms with Crippen LogP contribution in [-0.4, -0.2) is 33.5 Å². The number of hydrogen-bond donors (Lipinski definition) is 1. The molecule has 2 aromatic rings. The van der Waals surface area contributed by atoms with Crippen LogP contribution >= 0.6 is 23.1 Å². The zero-order valence-electron chi connectivity index (χ0n) is 14.1. The molecule has 0 bridgehead atoms. The van der Waals surface area contributed by atoms with Crippen LogP contribution in [0.2, 0.25) is 0 Å². The van der Waals surface area contributed by atoms with Gasteiger partial charge in [-0.05, 0) is 25.2 Å². The summed E-state index contributed by atoms with van der Waals surface area (Å²) in [6, 6.07) is 1.89. The fraction of sp³-hybridized carbons (Fsp3) is 0.562. The second-order valence-electron chi connectivity index (χ2n) is 5.60. The molecule has 0 spiro atoms. The van der Waals surface area contributed by atoms with Gasteiger partial charge in [-0.2, -0.15) is 16.9 Å². The molecule has 0 atom stereocenters. The second-order valence-corrected chi connectivity index (χ2v) is 7.41. The summed E-state index contributed by atoms with van der Waals surface area (Å²) in [6.45, 7) is 7.44. The number of nitrogens with zero attached hydrogens (tertiary/aromatic N) is 3. The van der Waals surface area contributed by atoms with E-state index in [0.717, 1.165) is 28.6 Å². The fourth-order valence-corrected chi connectivity index (χ4v) is 3.74. The van der Waals surface area contributed by atoms with Gasteiger partial charge in [0.05, 0.1) is 11.4 Å². The predicted octanol–water partition coefficient (Wildman–Crippen LogP) is 3.32. The van der Waals surface area contributed by atoms with Gasteiger partial charge in [-0.15, -0.1) is 11.3 Å². The van der Waals surface area contributed by atoms with Gasteiger partial charge in [0.15, 0.2) is 0 Å². The Kier molecular flexibility index (Phi) is 6.65. The molecule has 23 heavy (non-hydrogen) atoms. The Morgan fingerprint density at radius 3 is 2.91 bits per heavy atom. The number of carbonyl (C=O) groups is 1. The van der Waals surface area contributed by atoms with E-state index in [1.807, 2.05) is 13.0 Å². The fourth-order valence-electron chi connectivity index (χ4n) is 2.19. The van der Waals surface area contributed by atoms with Crippen molar-refractivity contribution in [2.45, 2.75) is 45.4 Å². The number of hydrogen-bond acceptors (Lipinski definition) is 5. The number of aryl methyl sites for hydroxylation is 1. The van der Waals surface area contributed by atoms with Gasteiger partial charge in [0.1, 0.15) is 10.7 Å². The maximum atomic E-state index is 12.4. The highest BCUT2D eigenvalue weighted by molar-refractivity contribution is 7.97. The SMILES string of the molecule is CCn1nc(C(C)C)cc1C(=O)NCCc1csc(CSC)n1. The molecule has 0 aliphatic heterocycles. The minimum atomic E-state index is -0.0641. The van der Waals surface area contributed by atoms with Gasteiger partial charge in [0.25, 0.3) is 5.91 Å². The largest absolute Gasteiger partial charge is 0.350 e. The third-order valence-corrected chi connectivity index (χ3v) is 5.10. The molecule has 126 valence electrons. The number of aromatic nitrogens is 3. The smallest absolute Gasteiger partial charge is 0.269 e. The van der Waals surface area contributed by atoms with E-state index < -0.39 is 0 Å². The van der Waals surface area contributed by atoms with E-state index in [1.54, 1.807) is 27.8 Å². The van der Waals surface area contributed by atoms with Gasteiger partial charge in [-0.3, -0.25) is 9.48 Å². The van der Waals surface area contributed by atoms with Crippen LogP contribution in [-0.2, 0) is 18.7 Å². The van der Waals surface area contributed by atoms with Gasteiger partial charge in [0, 0.05) is 30.6 Å². The average molecular weight is 353 g/mol. The molecule has 2 heterocycles. The Labute approximate surface area is 145 Å². The van der Waals surface area contributed by atoms with Crippen molar-refractivity contribution in [3.63, 3.8) is 0 Å². The summed E-state index contributed by atoms with van der Waals surface area (Å²) >= 11 is 3.45. The molecule has 0 aromatic carbocycles. The van der Waals surface area contributed by atoms with Crippen LogP contribution in [0, 0.1) is 0 Å². The number of rotatable bonds is 8. The highest BCUT2D eigenvalue weighted by Crippen LogP contribution is 2.16. The molecule has 0 saturated carbocycles. The van der Waals surface area contributed by atoms with Crippen molar-refractivity contribution in [1.29, 1.82) is 0 Å². The van der Waals surface area contributed by atoms with Crippen LogP contribution in [0.15, 0.2) is 11.4 Å². The maximum Gasteiger partial charge on any atom is 0.269 e. The highest BCUT2D eigenvalue weighted by Gasteiger charge is 2.15. The zero-order chi connectivity index (χ0) is 16.8. The van der Waals surface area contributed by atoms with Crippen LogP contribution in [0.25, 0.3) is 0 Å². The minimum absolute atomic E-state index is 0.0641. The van der Waals surface area contributed by atoms with E-state index in [0.29, 0.717) is 24.7 Å². The van der Waals surface area contributed by atoms with E-state index in [1.165, 1.54) is 0 Å². The molecular weight excluding hydrogens is 328 g/mol. The van der Waals surface area contributed by atoms with Gasteiger partial charge in [0.2, 0.25) is 0 Å². The first-order valence-electron chi connectivity index (χ1n) is 7.83. The Balaban J connectivity index is 1.91. The summed E-state index contributed by atoms with van der Waals surface area (Å²) in [6.07, 6.45) is 2.83. The summed E-state index contributed by atoms with van der Waals surface area (Å²) < 4.78 is 1.77. The van der Waals surface area contributed by atoms with Crippen LogP contribution < -0.4 is 5.32 Å². The number of thiazole rings is 1. The van der Waals surface area contributed by atoms with Crippen molar-refractivity contribution in [2.75, 3.05) is 12.8 Å². The summed E-state index contributed by atoms with van der Waals surface area (Å²) in [5, 5.41) is 10.7. The van der Waals surface area contributed by atoms with Crippen LogP contribution in [0.1, 0.15) is 53.6 Å². The monoisotopic (exact) mass is 352 g/mol. The van der Waals surface area contributed by atoms with Crippen molar-refractivity contribution >= 4 is 29.0 Å². The Bertz CT molecular complexity index is 648. The molecule has 1 N–H and O–H groups in total. The first-order valence-corrected chi connectivity index (χ1v) is 10.1. The Morgan fingerprint density at radius 2 is 2.26 bits per heavy atom. The van der Waals surface area contributed by atoms with Gasteiger partial charge in [-0.1, -0.05) is 13.8 Å². The zero-order valence-corrected chi connectivity index (χ0v) is 15.8. The molecule has 0 saturated heterocycles. The summed E-state index contributed by atoms with van der Waals surface area (Å²) in [5.41, 5.74) is 2.64. The third kappa shape index (κ3) is 4.81. The van der Waals surface area contributed by atoms with Gasteiger partial charge < -0.3 is 5.32 Å². The molecule has 2 rings (SSSR count). The van der Waals surface area contributed by atoms with E-state index in [4.69, 9.17) is 0 Å². The van der Waals surface area contributed by atoms with E-state index in [2.05, 4.69) is 40.9 Å². The summed E-state index contributed by atoms with van der Waals surface area (Å²) in [7, 11) is 0. The lowest BCUT2D eigenvalue weighted by atomic mass is 10.1. The van der Waals surface area contributed by atoms with Crippen LogP contribution in [0.4, 0.5) is 0 Å². The third-order valence-electron chi connectivity index (χ3n) is 3.46. The first kappa shape index (κ1) is 18.0. The highest BCUT2D eigenvalue weighted by atomic mass is 32.2. The summed E-state index contributed by atoms with van der Waals surface area (Å²) in [4.78, 5) is 16.9. The number of amides is 1. The molecule has 0 aliphatic rings. The molecular formula is C16H24N4OS2. The normalized spacial score (nSPS) is 11.2. The molecule has 0 aliphatic carbocycles. The first-order chi connectivity index (χ1) is 11.0. The standard InChI is InChI=1S/C16H24N4OS2/c1-5-20-14(8-13(19-20)11(2)3)16(21)17-7-6-12-9-23-15(18-12)10-22-4/h8-9,11H,5-7,10H2,1-4H3,(H,17,21). The lowest BCUT2D eigenvalue weighted by Crippen LogP contribution is -2.28. The van der Waals surface area contributed by atoms with Gasteiger partial charge >= 0.3 is 0 Å². The minimum Gasteiger partial charge on any atom is -0.350 e. The molecule has 1 amide bonds. The molecule has 0 radical (unpaired) electrons. The predicted molar refractivity (Wildman–Crippen MR) is 97.4 cm³/mol. The Morgan fingerprint density at radius 1 is 1.48 bits per heavy atom. The van der Waals surface area contributed by atoms with Crippen LogP contribution in [0.3, 0.4) is 0 Å². The Hall–Kier alpha value is -1.34. The molecule has 5 nitrogen and oxygen atoms in total. The number of thioether (sulfide) groups is 1. The average Bonchev–Trinajstić information content (AvgIpc) is 3.14. The number of carbonyl (C=O) groups excluding carboxylic acids is 1. The quantitative estimate of drug-likeness (QED) is 0.792. The van der Waals surface area contributed by atoms with E-state index in [-0.39, 0.29) is 5.91 Å². The van der Waals surface area contributed by atoms with Gasteiger partial charge in [-0.25, -0.2) is 4.98 Å². The molecule has 0 fully saturated rings. The molecule has 7 heteroatoms. The van der Waals surface area contributed by atoms with Crippen molar-refractivity contribution in [3.05, 3.63) is 33.5 Å². The number of nitrogens with one attached hydrogen (secondary N) is 1. The van der Waals surface area contributed by atoms with E-state index >= 15 is 0 Å².